The molecule has 2 aromatic heterocycles. The van der Waals surface area contributed by atoms with E-state index in [4.69, 9.17) is 23.9 Å². The first kappa shape index (κ1) is 23.7. The summed E-state index contributed by atoms with van der Waals surface area (Å²) in [5.41, 5.74) is 2.93. The number of hydrogen-bond donors (Lipinski definition) is 1. The third kappa shape index (κ3) is 3.39. The van der Waals surface area contributed by atoms with Crippen LogP contribution in [0.5, 0.6) is 17.2 Å². The van der Waals surface area contributed by atoms with E-state index in [1.54, 1.807) is 17.6 Å². The fourth-order valence-electron chi connectivity index (χ4n) is 5.74. The van der Waals surface area contributed by atoms with E-state index in [2.05, 4.69) is 0 Å². The molecule has 1 N–H and O–H groups in total. The summed E-state index contributed by atoms with van der Waals surface area (Å²) in [6.45, 7) is 5.92. The fraction of sp³-hybridized carbons (Fsp3) is 0.300. The second kappa shape index (κ2) is 8.31. The van der Waals surface area contributed by atoms with Crippen LogP contribution in [0.25, 0.3) is 33.4 Å². The van der Waals surface area contributed by atoms with Crippen LogP contribution in [-0.4, -0.2) is 33.5 Å². The zero-order chi connectivity index (χ0) is 27.1. The fourth-order valence-corrected chi connectivity index (χ4v) is 5.74. The predicted octanol–water partition coefficient (Wildman–Crippen LogP) is 4.26. The van der Waals surface area contributed by atoms with E-state index in [-0.39, 0.29) is 31.5 Å². The Morgan fingerprint density at radius 1 is 1.10 bits per heavy atom. The maximum atomic E-state index is 13.5. The first-order valence-corrected chi connectivity index (χ1v) is 13.0. The van der Waals surface area contributed by atoms with Crippen molar-refractivity contribution in [2.24, 2.45) is 0 Å². The maximum absolute atomic E-state index is 13.5. The molecule has 39 heavy (non-hydrogen) atoms. The number of rotatable bonds is 4. The number of carbonyl (C=O) groups excluding carboxylic acids is 1. The quantitative estimate of drug-likeness (QED) is 0.346. The molecule has 7 rings (SSSR count). The van der Waals surface area contributed by atoms with Gasteiger partial charge in [0.05, 0.1) is 35.1 Å². The zero-order valence-electron chi connectivity index (χ0n) is 21.7. The highest BCUT2D eigenvalue weighted by atomic mass is 16.7. The third-order valence-corrected chi connectivity index (χ3v) is 7.67. The second-order valence-electron chi connectivity index (χ2n) is 10.3. The van der Waals surface area contributed by atoms with Gasteiger partial charge in [-0.15, -0.1) is 0 Å². The van der Waals surface area contributed by atoms with Crippen LogP contribution in [0.1, 0.15) is 43.9 Å². The lowest BCUT2D eigenvalue weighted by Gasteiger charge is -2.31. The lowest BCUT2D eigenvalue weighted by Crippen LogP contribution is -2.44. The molecule has 0 aliphatic carbocycles. The Balaban J connectivity index is 1.42. The van der Waals surface area contributed by atoms with Gasteiger partial charge in [0.25, 0.3) is 5.56 Å². The minimum atomic E-state index is -1.87. The lowest BCUT2D eigenvalue weighted by molar-refractivity contribution is -0.172. The van der Waals surface area contributed by atoms with Gasteiger partial charge in [-0.3, -0.25) is 4.79 Å². The number of aromatic nitrogens is 2. The van der Waals surface area contributed by atoms with Crippen molar-refractivity contribution in [3.63, 3.8) is 0 Å². The van der Waals surface area contributed by atoms with Gasteiger partial charge in [-0.2, -0.15) is 0 Å². The van der Waals surface area contributed by atoms with Gasteiger partial charge in [0.15, 0.2) is 17.1 Å². The second-order valence-corrected chi connectivity index (χ2v) is 10.3. The number of carbonyl (C=O) groups is 1. The molecule has 2 aromatic carbocycles. The summed E-state index contributed by atoms with van der Waals surface area (Å²) in [6.07, 6.45) is 0.156. The molecular formula is C30H26N2O7. The summed E-state index contributed by atoms with van der Waals surface area (Å²) in [4.78, 5) is 31.0. The van der Waals surface area contributed by atoms with E-state index in [0.717, 1.165) is 27.8 Å². The van der Waals surface area contributed by atoms with Crippen LogP contribution in [0.3, 0.4) is 0 Å². The summed E-state index contributed by atoms with van der Waals surface area (Å²) in [6, 6.07) is 13.4. The minimum absolute atomic E-state index is 0.0647. The Labute approximate surface area is 223 Å². The van der Waals surface area contributed by atoms with Gasteiger partial charge in [0.1, 0.15) is 12.4 Å². The number of nitrogens with zero attached hydrogens (tertiary/aromatic N) is 2. The van der Waals surface area contributed by atoms with Crippen LogP contribution < -0.4 is 19.8 Å². The van der Waals surface area contributed by atoms with Gasteiger partial charge in [-0.05, 0) is 50.1 Å². The number of ether oxygens (including phenoxy) is 4. The van der Waals surface area contributed by atoms with Crippen molar-refractivity contribution in [1.82, 2.24) is 9.55 Å². The molecule has 9 heteroatoms. The highest BCUT2D eigenvalue weighted by Crippen LogP contribution is 2.48. The normalized spacial score (nSPS) is 18.6. The van der Waals surface area contributed by atoms with Crippen molar-refractivity contribution >= 4 is 16.9 Å². The number of benzene rings is 2. The Morgan fingerprint density at radius 2 is 1.90 bits per heavy atom. The van der Waals surface area contributed by atoms with Crippen LogP contribution >= 0.6 is 0 Å². The summed E-state index contributed by atoms with van der Waals surface area (Å²) < 4.78 is 24.3. The van der Waals surface area contributed by atoms with Gasteiger partial charge in [0, 0.05) is 28.1 Å². The predicted molar refractivity (Wildman–Crippen MR) is 142 cm³/mol. The van der Waals surface area contributed by atoms with Gasteiger partial charge >= 0.3 is 5.97 Å². The molecule has 0 spiro atoms. The summed E-state index contributed by atoms with van der Waals surface area (Å²) in [5.74, 6) is 1.27. The van der Waals surface area contributed by atoms with Gasteiger partial charge < -0.3 is 28.6 Å². The largest absolute Gasteiger partial charge is 0.491 e. The first-order chi connectivity index (χ1) is 18.8. The molecule has 5 heterocycles. The van der Waals surface area contributed by atoms with Crippen LogP contribution in [-0.2, 0) is 28.3 Å². The molecule has 0 saturated carbocycles. The first-order valence-electron chi connectivity index (χ1n) is 13.0. The maximum Gasteiger partial charge on any atom is 0.343 e. The molecule has 0 fully saturated rings. The topological polar surface area (TPSA) is 109 Å². The molecular weight excluding hydrogens is 500 g/mol. The monoisotopic (exact) mass is 526 g/mol. The molecule has 3 aliphatic heterocycles. The Bertz CT molecular complexity index is 1760. The Kier molecular flexibility index (Phi) is 5.06. The summed E-state index contributed by atoms with van der Waals surface area (Å²) in [5, 5.41) is 12.0. The van der Waals surface area contributed by atoms with Gasteiger partial charge in [-0.1, -0.05) is 19.1 Å². The molecule has 9 nitrogen and oxygen atoms in total. The number of cyclic esters (lactones) is 1. The smallest absolute Gasteiger partial charge is 0.343 e. The molecule has 3 aliphatic rings. The summed E-state index contributed by atoms with van der Waals surface area (Å²) in [7, 11) is 0. The van der Waals surface area contributed by atoms with Gasteiger partial charge in [0.2, 0.25) is 6.79 Å². The minimum Gasteiger partial charge on any atom is -0.491 e. The van der Waals surface area contributed by atoms with Crippen molar-refractivity contribution in [1.29, 1.82) is 0 Å². The van der Waals surface area contributed by atoms with E-state index in [0.29, 0.717) is 46.1 Å². The van der Waals surface area contributed by atoms with E-state index < -0.39 is 11.6 Å². The van der Waals surface area contributed by atoms with Gasteiger partial charge in [-0.25, -0.2) is 9.78 Å². The van der Waals surface area contributed by atoms with E-state index in [1.165, 1.54) is 0 Å². The molecule has 4 aromatic rings. The Hall–Kier alpha value is -4.37. The highest BCUT2D eigenvalue weighted by Gasteiger charge is 2.45. The number of esters is 1. The molecule has 0 bridgehead atoms. The standard InChI is InChI=1S/C30H26N2O7/c1-4-30(35)21-10-23-26-17(12-32(23)28(33)20(21)13-36-29(30)34)9-19-22(31-26)11-24-27(38-14-37-24)25(19)16-5-7-18(8-6-16)39-15(2)3/h5-11,15,35H,4,12-14H2,1-3H3/t30-/m0/s1. The number of aliphatic hydroxyl groups is 1. The number of hydrogen-bond acceptors (Lipinski definition) is 8. The van der Waals surface area contributed by atoms with Crippen molar-refractivity contribution in [3.8, 4) is 39.8 Å². The molecule has 0 unspecified atom stereocenters. The average molecular weight is 527 g/mol. The van der Waals surface area contributed by atoms with Crippen LogP contribution in [0.4, 0.5) is 0 Å². The molecule has 0 saturated heterocycles. The van der Waals surface area contributed by atoms with E-state index in [9.17, 15) is 14.7 Å². The molecule has 0 radical (unpaired) electrons. The van der Waals surface area contributed by atoms with E-state index in [1.807, 2.05) is 50.2 Å². The van der Waals surface area contributed by atoms with Crippen molar-refractivity contribution < 1.29 is 28.8 Å². The summed E-state index contributed by atoms with van der Waals surface area (Å²) >= 11 is 0. The van der Waals surface area contributed by atoms with E-state index >= 15 is 0 Å². The molecule has 198 valence electrons. The lowest BCUT2D eigenvalue weighted by atomic mass is 9.86. The van der Waals surface area contributed by atoms with Crippen LogP contribution in [0.15, 0.2) is 47.3 Å². The van der Waals surface area contributed by atoms with Crippen molar-refractivity contribution in [2.45, 2.75) is 52.0 Å². The molecule has 1 atom stereocenters. The third-order valence-electron chi connectivity index (χ3n) is 7.67. The SMILES string of the molecule is CC[C@@]1(O)C(=O)OCc2c1cc1n(c2=O)Cc2cc3c(-c4ccc(OC(C)C)cc4)c4c(cc3nc2-1)OCO4. The number of fused-ring (bicyclic) bond motifs is 6. The molecule has 0 amide bonds. The van der Waals surface area contributed by atoms with Crippen LogP contribution in [0, 0.1) is 0 Å². The number of pyridine rings is 2. The highest BCUT2D eigenvalue weighted by molar-refractivity contribution is 6.02. The zero-order valence-corrected chi connectivity index (χ0v) is 21.7. The van der Waals surface area contributed by atoms with Crippen LogP contribution in [0.2, 0.25) is 0 Å². The van der Waals surface area contributed by atoms with Crippen molar-refractivity contribution in [2.75, 3.05) is 6.79 Å². The van der Waals surface area contributed by atoms with Crippen molar-refractivity contribution in [3.05, 3.63) is 69.5 Å². The average Bonchev–Trinajstić information content (AvgIpc) is 3.53. The Morgan fingerprint density at radius 3 is 2.64 bits per heavy atom.